The molecule has 0 aliphatic carbocycles. The van der Waals surface area contributed by atoms with Crippen LogP contribution >= 0.6 is 0 Å². The van der Waals surface area contributed by atoms with E-state index in [1.165, 1.54) is 7.11 Å². The van der Waals surface area contributed by atoms with E-state index in [4.69, 9.17) is 14.2 Å². The van der Waals surface area contributed by atoms with Crippen LogP contribution in [-0.4, -0.2) is 44.8 Å². The minimum absolute atomic E-state index is 0. The number of ether oxygens (including phenoxy) is 3. The second-order valence-electron chi connectivity index (χ2n) is 9.45. The van der Waals surface area contributed by atoms with E-state index in [1.807, 2.05) is 72.8 Å². The Hall–Kier alpha value is -4.10. The van der Waals surface area contributed by atoms with E-state index in [2.05, 4.69) is 21.1 Å². The third-order valence-electron chi connectivity index (χ3n) is 5.93. The first kappa shape index (κ1) is 30.1. The van der Waals surface area contributed by atoms with Crippen LogP contribution in [0.3, 0.4) is 0 Å². The fourth-order valence-corrected chi connectivity index (χ4v) is 3.91. The Morgan fingerprint density at radius 2 is 1.53 bits per heavy atom. The quantitative estimate of drug-likeness (QED) is 0.194. The van der Waals surface area contributed by atoms with Gasteiger partial charge in [0.2, 0.25) is 0 Å². The molecule has 0 N–H and O–H groups in total. The van der Waals surface area contributed by atoms with Gasteiger partial charge in [-0.1, -0.05) is 57.3 Å². The highest BCUT2D eigenvalue weighted by atomic mass is 16.5. The van der Waals surface area contributed by atoms with Gasteiger partial charge in [-0.25, -0.2) is 4.79 Å². The number of hydrogen-bond donors (Lipinski definition) is 0. The number of carbonyl (C=O) groups excluding carboxylic acids is 2. The summed E-state index contributed by atoms with van der Waals surface area (Å²) in [4.78, 5) is 25.0. The summed E-state index contributed by atoms with van der Waals surface area (Å²) in [6.07, 6.45) is 0.141. The molecule has 0 atom stereocenters. The first-order valence-electron chi connectivity index (χ1n) is 11.7. The molecule has 0 aliphatic rings. The van der Waals surface area contributed by atoms with E-state index >= 15 is 0 Å². The van der Waals surface area contributed by atoms with E-state index in [9.17, 15) is 9.59 Å². The molecular formula is C31H39N2O5+. The van der Waals surface area contributed by atoms with Crippen LogP contribution in [0.1, 0.15) is 36.5 Å². The van der Waals surface area contributed by atoms with Gasteiger partial charge >= 0.3 is 11.9 Å². The number of aromatic nitrogens is 1. The summed E-state index contributed by atoms with van der Waals surface area (Å²) in [6, 6.07) is 25.0. The maximum atomic E-state index is 12.6. The van der Waals surface area contributed by atoms with Crippen molar-refractivity contribution in [2.24, 2.45) is 0 Å². The molecular weight excluding hydrogens is 480 g/mol. The Morgan fingerprint density at radius 3 is 2.16 bits per heavy atom. The minimum atomic E-state index is -0.509. The largest absolute Gasteiger partial charge is 0.489 e. The number of methoxy groups -OCH3 is 1. The van der Waals surface area contributed by atoms with Crippen LogP contribution in [0.25, 0.3) is 10.9 Å². The molecule has 0 aliphatic heterocycles. The van der Waals surface area contributed by atoms with Crippen LogP contribution in [0.15, 0.2) is 78.9 Å². The minimum Gasteiger partial charge on any atom is -0.489 e. The summed E-state index contributed by atoms with van der Waals surface area (Å²) >= 11 is 0. The van der Waals surface area contributed by atoms with Crippen molar-refractivity contribution in [1.82, 2.24) is 9.05 Å². The number of nitrogens with zero attached hydrogens (tertiary/aromatic N) is 2. The number of carbonyl (C=O) groups is 2. The lowest BCUT2D eigenvalue weighted by atomic mass is 10.1. The number of hydrogen-bond acceptors (Lipinski definition) is 5. The van der Waals surface area contributed by atoms with Crippen LogP contribution in [0.4, 0.5) is 5.69 Å². The zero-order valence-corrected chi connectivity index (χ0v) is 21.1. The van der Waals surface area contributed by atoms with Gasteiger partial charge in [0.15, 0.2) is 6.73 Å². The molecule has 0 unspecified atom stereocenters. The molecule has 7 nitrogen and oxygen atoms in total. The Labute approximate surface area is 225 Å². The van der Waals surface area contributed by atoms with Gasteiger partial charge in [0.25, 0.3) is 0 Å². The van der Waals surface area contributed by atoms with Gasteiger partial charge in [0.1, 0.15) is 23.7 Å². The summed E-state index contributed by atoms with van der Waals surface area (Å²) in [5.74, 6) is -0.215. The number of fused-ring (bicyclic) bond motifs is 1. The fourth-order valence-electron chi connectivity index (χ4n) is 3.91. The predicted molar refractivity (Wildman–Crippen MR) is 153 cm³/mol. The maximum Gasteiger partial charge on any atom is 0.354 e. The van der Waals surface area contributed by atoms with Gasteiger partial charge in [-0.05, 0) is 47.5 Å². The number of quaternary nitrogens is 1. The van der Waals surface area contributed by atoms with Crippen LogP contribution in [0.5, 0.6) is 5.75 Å². The molecule has 0 spiro atoms. The zero-order chi connectivity index (χ0) is 25.7. The highest BCUT2D eigenvalue weighted by molar-refractivity contribution is 5.96. The van der Waals surface area contributed by atoms with Crippen molar-refractivity contribution in [1.29, 1.82) is 0 Å². The average molecular weight is 520 g/mol. The van der Waals surface area contributed by atoms with E-state index in [1.54, 1.807) is 10.6 Å². The van der Waals surface area contributed by atoms with Gasteiger partial charge < -0.3 is 18.8 Å². The molecule has 7 heteroatoms. The molecule has 4 aromatic rings. The zero-order valence-electron chi connectivity index (χ0n) is 21.1. The molecule has 0 fully saturated rings. The standard InChI is InChI=1S/C29H31N2O5.2CH4/c1-31(2,3)24-12-10-21(11-13-24)16-28(32)36-20-30-26-15-14-25(35-19-22-8-6-5-7-9-22)17-23(26)18-27(30)29(33)34-4;;/h5-15,17-18H,16,19-20H2,1-4H3;2*1H4/q+1;;. The van der Waals surface area contributed by atoms with Gasteiger partial charge in [-0.3, -0.25) is 9.28 Å². The Kier molecular flexibility index (Phi) is 10.2. The van der Waals surface area contributed by atoms with Crippen LogP contribution in [-0.2, 0) is 34.0 Å². The van der Waals surface area contributed by atoms with Crippen molar-refractivity contribution in [3.63, 3.8) is 0 Å². The second kappa shape index (κ2) is 12.9. The van der Waals surface area contributed by atoms with E-state index in [0.29, 0.717) is 22.5 Å². The fraction of sp³-hybridized carbons (Fsp3) is 0.290. The maximum absolute atomic E-state index is 12.6. The molecule has 3 aromatic carbocycles. The number of esters is 2. The van der Waals surface area contributed by atoms with Gasteiger partial charge in [-0.2, -0.15) is 0 Å². The molecule has 0 saturated heterocycles. The Balaban J connectivity index is 0.00000253. The van der Waals surface area contributed by atoms with E-state index < -0.39 is 5.97 Å². The van der Waals surface area contributed by atoms with Gasteiger partial charge in [-0.15, -0.1) is 0 Å². The molecule has 1 heterocycles. The summed E-state index contributed by atoms with van der Waals surface area (Å²) < 4.78 is 18.8. The third kappa shape index (κ3) is 7.23. The lowest BCUT2D eigenvalue weighted by Crippen LogP contribution is -2.34. The smallest absolute Gasteiger partial charge is 0.354 e. The second-order valence-corrected chi connectivity index (χ2v) is 9.45. The van der Waals surface area contributed by atoms with Crippen LogP contribution < -0.4 is 9.22 Å². The highest BCUT2D eigenvalue weighted by Gasteiger charge is 2.18. The predicted octanol–water partition coefficient (Wildman–Crippen LogP) is 6.22. The SMILES string of the molecule is C.C.COC(=O)c1cc2cc(OCc3ccccc3)ccc2n1COC(=O)Cc1ccc([N+](C)(C)C)cc1. The van der Waals surface area contributed by atoms with Crippen molar-refractivity contribution in [2.45, 2.75) is 34.6 Å². The summed E-state index contributed by atoms with van der Waals surface area (Å²) in [7, 11) is 7.58. The van der Waals surface area contributed by atoms with Crippen molar-refractivity contribution in [2.75, 3.05) is 28.3 Å². The van der Waals surface area contributed by atoms with Crippen LogP contribution in [0, 0.1) is 0 Å². The Morgan fingerprint density at radius 1 is 0.842 bits per heavy atom. The molecule has 1 aromatic heterocycles. The monoisotopic (exact) mass is 519 g/mol. The van der Waals surface area contributed by atoms with E-state index in [-0.39, 0.29) is 34.0 Å². The molecule has 38 heavy (non-hydrogen) atoms. The topological polar surface area (TPSA) is 66.8 Å². The molecule has 0 saturated carbocycles. The average Bonchev–Trinajstić information content (AvgIpc) is 3.24. The number of benzene rings is 3. The third-order valence-corrected chi connectivity index (χ3v) is 5.93. The molecule has 4 rings (SSSR count). The van der Waals surface area contributed by atoms with Crippen molar-refractivity contribution < 1.29 is 23.8 Å². The first-order chi connectivity index (χ1) is 17.2. The van der Waals surface area contributed by atoms with Crippen molar-refractivity contribution in [3.8, 4) is 5.75 Å². The van der Waals surface area contributed by atoms with Crippen molar-refractivity contribution >= 4 is 28.5 Å². The van der Waals surface area contributed by atoms with E-state index in [0.717, 1.165) is 27.7 Å². The molecule has 0 amide bonds. The lowest BCUT2D eigenvalue weighted by molar-refractivity contribution is -0.146. The highest BCUT2D eigenvalue weighted by Crippen LogP contribution is 2.26. The first-order valence-corrected chi connectivity index (χ1v) is 11.7. The molecule has 0 radical (unpaired) electrons. The van der Waals surface area contributed by atoms with Gasteiger partial charge in [0, 0.05) is 5.39 Å². The Bertz CT molecular complexity index is 1350. The normalized spacial score (nSPS) is 10.7. The van der Waals surface area contributed by atoms with Crippen LogP contribution in [0.2, 0.25) is 0 Å². The molecule has 0 bridgehead atoms. The lowest BCUT2D eigenvalue weighted by Gasteiger charge is -2.23. The summed E-state index contributed by atoms with van der Waals surface area (Å²) in [5.41, 5.74) is 4.10. The summed E-state index contributed by atoms with van der Waals surface area (Å²) in [6.45, 7) is 0.332. The number of rotatable bonds is 9. The molecule has 202 valence electrons. The summed E-state index contributed by atoms with van der Waals surface area (Å²) in [5, 5.41) is 0.785. The van der Waals surface area contributed by atoms with Gasteiger partial charge in [0.05, 0.1) is 40.2 Å². The van der Waals surface area contributed by atoms with Crippen molar-refractivity contribution in [3.05, 3.63) is 95.7 Å².